The molecule has 2 amide bonds. The lowest BCUT2D eigenvalue weighted by molar-refractivity contribution is -0.188. The van der Waals surface area contributed by atoms with Gasteiger partial charge < -0.3 is 15.0 Å². The molecule has 1 saturated heterocycles. The first kappa shape index (κ1) is 16.7. The van der Waals surface area contributed by atoms with Crippen LogP contribution in [-0.2, 0) is 14.3 Å². The Labute approximate surface area is 113 Å². The van der Waals surface area contributed by atoms with E-state index >= 15 is 0 Å². The molecule has 1 fully saturated rings. The normalized spacial score (nSPS) is 20.1. The Morgan fingerprint density at radius 1 is 1.45 bits per heavy atom. The quantitative estimate of drug-likeness (QED) is 0.758. The lowest BCUT2D eigenvalue weighted by atomic mass is 10.1. The van der Waals surface area contributed by atoms with Gasteiger partial charge in [-0.2, -0.15) is 8.78 Å². The largest absolute Gasteiger partial charge is 0.383 e. The molecule has 5 nitrogen and oxygen atoms in total. The molecule has 116 valence electrons. The van der Waals surface area contributed by atoms with Gasteiger partial charge in [0.1, 0.15) is 6.04 Å². The second-order valence-electron chi connectivity index (χ2n) is 4.30. The molecule has 1 aliphatic rings. The van der Waals surface area contributed by atoms with E-state index in [0.717, 1.165) is 0 Å². The molecule has 0 aromatic carbocycles. The third kappa shape index (κ3) is 3.59. The maximum atomic E-state index is 13.1. The highest BCUT2D eigenvalue weighted by atomic mass is 19.3. The Balaban J connectivity index is 2.83. The zero-order chi connectivity index (χ0) is 15.3. The van der Waals surface area contributed by atoms with Gasteiger partial charge in [-0.05, 0) is 6.42 Å². The smallest absolute Gasteiger partial charge is 0.377 e. The van der Waals surface area contributed by atoms with Crippen molar-refractivity contribution in [2.45, 2.75) is 31.7 Å². The fourth-order valence-electron chi connectivity index (χ4n) is 1.71. The van der Waals surface area contributed by atoms with Crippen molar-refractivity contribution < 1.29 is 31.9 Å². The van der Waals surface area contributed by atoms with Gasteiger partial charge in [0.2, 0.25) is 5.91 Å². The first-order valence-electron chi connectivity index (χ1n) is 6.14. The van der Waals surface area contributed by atoms with Gasteiger partial charge in [-0.25, -0.2) is 8.78 Å². The molecule has 0 radical (unpaired) electrons. The highest BCUT2D eigenvalue weighted by Gasteiger charge is 2.53. The first-order valence-corrected chi connectivity index (χ1v) is 6.14. The van der Waals surface area contributed by atoms with Crippen LogP contribution in [0.3, 0.4) is 0 Å². The van der Waals surface area contributed by atoms with Gasteiger partial charge >= 0.3 is 12.3 Å². The van der Waals surface area contributed by atoms with Crippen molar-refractivity contribution in [3.8, 4) is 0 Å². The summed E-state index contributed by atoms with van der Waals surface area (Å²) >= 11 is 0. The molecule has 0 bridgehead atoms. The van der Waals surface area contributed by atoms with E-state index in [2.05, 4.69) is 5.32 Å². The van der Waals surface area contributed by atoms with Crippen molar-refractivity contribution in [2.75, 3.05) is 26.3 Å². The molecule has 0 aromatic heterocycles. The maximum absolute atomic E-state index is 13.1. The SMILES string of the molecule is CCCNC(=O)C1COCCN1C(=O)C(F)(F)C(F)F. The van der Waals surface area contributed by atoms with Crippen molar-refractivity contribution in [3.05, 3.63) is 0 Å². The van der Waals surface area contributed by atoms with E-state index in [9.17, 15) is 27.2 Å². The fourth-order valence-corrected chi connectivity index (χ4v) is 1.71. The molecule has 0 saturated carbocycles. The molecule has 0 spiro atoms. The van der Waals surface area contributed by atoms with Gasteiger partial charge in [-0.1, -0.05) is 6.92 Å². The van der Waals surface area contributed by atoms with E-state index in [1.54, 1.807) is 6.92 Å². The number of morpholine rings is 1. The number of nitrogens with one attached hydrogen (secondary N) is 1. The summed E-state index contributed by atoms with van der Waals surface area (Å²) in [5, 5.41) is 2.42. The first-order chi connectivity index (χ1) is 9.32. The van der Waals surface area contributed by atoms with Crippen LogP contribution in [0.25, 0.3) is 0 Å². The number of alkyl halides is 4. The van der Waals surface area contributed by atoms with Crippen LogP contribution in [-0.4, -0.2) is 61.4 Å². The molecule has 0 aromatic rings. The van der Waals surface area contributed by atoms with Crippen LogP contribution < -0.4 is 5.32 Å². The van der Waals surface area contributed by atoms with Crippen molar-refractivity contribution in [3.63, 3.8) is 0 Å². The summed E-state index contributed by atoms with van der Waals surface area (Å²) in [4.78, 5) is 23.7. The summed E-state index contributed by atoms with van der Waals surface area (Å²) < 4.78 is 55.6. The number of carbonyl (C=O) groups is 2. The second-order valence-corrected chi connectivity index (χ2v) is 4.30. The Bertz CT molecular complexity index is 366. The van der Waals surface area contributed by atoms with Crippen molar-refractivity contribution in [1.82, 2.24) is 10.2 Å². The van der Waals surface area contributed by atoms with E-state index in [4.69, 9.17) is 4.74 Å². The number of ether oxygens (including phenoxy) is 1. The summed E-state index contributed by atoms with van der Waals surface area (Å²) in [6.45, 7) is 1.38. The van der Waals surface area contributed by atoms with Crippen molar-refractivity contribution in [1.29, 1.82) is 0 Å². The molecule has 1 rings (SSSR count). The number of amides is 2. The molecule has 20 heavy (non-hydrogen) atoms. The highest BCUT2D eigenvalue weighted by molar-refractivity contribution is 5.91. The van der Waals surface area contributed by atoms with Gasteiger partial charge in [0.05, 0.1) is 13.2 Å². The number of carbonyl (C=O) groups excluding carboxylic acids is 2. The predicted octanol–water partition coefficient (Wildman–Crippen LogP) is 0.640. The van der Waals surface area contributed by atoms with Gasteiger partial charge in [0.15, 0.2) is 0 Å². The highest BCUT2D eigenvalue weighted by Crippen LogP contribution is 2.27. The lowest BCUT2D eigenvalue weighted by Crippen LogP contribution is -2.60. The zero-order valence-corrected chi connectivity index (χ0v) is 10.9. The van der Waals surface area contributed by atoms with Crippen LogP contribution in [0.15, 0.2) is 0 Å². The molecule has 1 unspecified atom stereocenters. The average Bonchev–Trinajstić information content (AvgIpc) is 2.43. The van der Waals surface area contributed by atoms with E-state index in [1.807, 2.05) is 0 Å². The minimum Gasteiger partial charge on any atom is -0.377 e. The number of nitrogens with zero attached hydrogens (tertiary/aromatic N) is 1. The van der Waals surface area contributed by atoms with Crippen molar-refractivity contribution >= 4 is 11.8 Å². The standard InChI is InChI=1S/C11H16F4N2O3/c1-2-3-16-8(18)7-6-20-5-4-17(7)10(19)11(14,15)9(12)13/h7,9H,2-6H2,1H3,(H,16,18). The summed E-state index contributed by atoms with van der Waals surface area (Å²) in [6, 6.07) is -1.31. The summed E-state index contributed by atoms with van der Waals surface area (Å²) in [5.74, 6) is -7.54. The zero-order valence-electron chi connectivity index (χ0n) is 10.9. The number of hydrogen-bond acceptors (Lipinski definition) is 3. The van der Waals surface area contributed by atoms with E-state index < -0.39 is 30.2 Å². The van der Waals surface area contributed by atoms with Crippen LogP contribution in [0.2, 0.25) is 0 Å². The Kier molecular flexibility index (Phi) is 5.73. The molecule has 1 atom stereocenters. The molecular formula is C11H16F4N2O3. The van der Waals surface area contributed by atoms with E-state index in [-0.39, 0.29) is 19.8 Å². The third-order valence-corrected chi connectivity index (χ3v) is 2.80. The van der Waals surface area contributed by atoms with Gasteiger partial charge in [-0.3, -0.25) is 9.59 Å². The molecule has 1 heterocycles. The lowest BCUT2D eigenvalue weighted by Gasteiger charge is -2.36. The molecule has 1 N–H and O–H groups in total. The maximum Gasteiger partial charge on any atom is 0.383 e. The molecule has 0 aliphatic carbocycles. The Hall–Kier alpha value is -1.38. The average molecular weight is 300 g/mol. The van der Waals surface area contributed by atoms with Crippen LogP contribution in [0.1, 0.15) is 13.3 Å². The van der Waals surface area contributed by atoms with Gasteiger partial charge in [0.25, 0.3) is 5.91 Å². The summed E-state index contributed by atoms with van der Waals surface area (Å²) in [6.07, 6.45) is -3.50. The second kappa shape index (κ2) is 6.87. The van der Waals surface area contributed by atoms with Crippen LogP contribution in [0, 0.1) is 0 Å². The summed E-state index contributed by atoms with van der Waals surface area (Å²) in [7, 11) is 0. The number of rotatable bonds is 5. The summed E-state index contributed by atoms with van der Waals surface area (Å²) in [5.41, 5.74) is 0. The van der Waals surface area contributed by atoms with E-state index in [0.29, 0.717) is 17.9 Å². The Morgan fingerprint density at radius 2 is 2.10 bits per heavy atom. The fraction of sp³-hybridized carbons (Fsp3) is 0.818. The van der Waals surface area contributed by atoms with E-state index in [1.165, 1.54) is 0 Å². The minimum absolute atomic E-state index is 0.0807. The third-order valence-electron chi connectivity index (χ3n) is 2.80. The van der Waals surface area contributed by atoms with Gasteiger partial charge in [0, 0.05) is 13.1 Å². The molecular weight excluding hydrogens is 284 g/mol. The van der Waals surface area contributed by atoms with Crippen LogP contribution >= 0.6 is 0 Å². The molecule has 9 heteroatoms. The van der Waals surface area contributed by atoms with Gasteiger partial charge in [-0.15, -0.1) is 0 Å². The number of hydrogen-bond donors (Lipinski definition) is 1. The number of halogens is 4. The monoisotopic (exact) mass is 300 g/mol. The Morgan fingerprint density at radius 3 is 2.65 bits per heavy atom. The topological polar surface area (TPSA) is 58.6 Å². The predicted molar refractivity (Wildman–Crippen MR) is 60.6 cm³/mol. The van der Waals surface area contributed by atoms with Crippen molar-refractivity contribution in [2.24, 2.45) is 0 Å². The minimum atomic E-state index is -4.80. The van der Waals surface area contributed by atoms with Crippen LogP contribution in [0.4, 0.5) is 17.6 Å². The molecule has 1 aliphatic heterocycles. The van der Waals surface area contributed by atoms with Crippen LogP contribution in [0.5, 0.6) is 0 Å².